The van der Waals surface area contributed by atoms with E-state index in [0.29, 0.717) is 20.9 Å². The zero-order chi connectivity index (χ0) is 16.6. The van der Waals surface area contributed by atoms with Gasteiger partial charge in [-0.15, -0.1) is 10.2 Å². The van der Waals surface area contributed by atoms with Crippen molar-refractivity contribution in [3.05, 3.63) is 33.3 Å². The molecular formula is C14H12Cl2N4O2S. The largest absolute Gasteiger partial charge is 0.311 e. The van der Waals surface area contributed by atoms with Crippen LogP contribution >= 0.6 is 34.5 Å². The quantitative estimate of drug-likeness (QED) is 0.900. The summed E-state index contributed by atoms with van der Waals surface area (Å²) >= 11 is 13.2. The molecule has 2 heterocycles. The van der Waals surface area contributed by atoms with Crippen LogP contribution in [0.2, 0.25) is 10.0 Å². The first-order valence-electron chi connectivity index (χ1n) is 6.80. The lowest BCUT2D eigenvalue weighted by Crippen LogP contribution is -2.28. The number of rotatable bonds is 3. The van der Waals surface area contributed by atoms with E-state index in [2.05, 4.69) is 15.5 Å². The van der Waals surface area contributed by atoms with Gasteiger partial charge in [0.15, 0.2) is 0 Å². The molecule has 1 atom stereocenters. The average Bonchev–Trinajstić information content (AvgIpc) is 3.04. The third-order valence-electron chi connectivity index (χ3n) is 3.41. The van der Waals surface area contributed by atoms with E-state index < -0.39 is 5.92 Å². The molecule has 3 rings (SSSR count). The smallest absolute Gasteiger partial charge is 0.231 e. The highest BCUT2D eigenvalue weighted by molar-refractivity contribution is 7.15. The molecule has 1 saturated heterocycles. The second kappa shape index (κ2) is 6.43. The topological polar surface area (TPSA) is 75.2 Å². The Hall–Kier alpha value is -1.70. The Bertz CT molecular complexity index is 760. The molecular weight excluding hydrogens is 359 g/mol. The molecule has 23 heavy (non-hydrogen) atoms. The Kier molecular flexibility index (Phi) is 4.52. The first-order valence-corrected chi connectivity index (χ1v) is 8.37. The van der Waals surface area contributed by atoms with Crippen molar-refractivity contribution in [2.24, 2.45) is 5.92 Å². The molecule has 1 aromatic heterocycles. The summed E-state index contributed by atoms with van der Waals surface area (Å²) in [5, 5.41) is 12.5. The van der Waals surface area contributed by atoms with E-state index in [0.717, 1.165) is 5.01 Å². The summed E-state index contributed by atoms with van der Waals surface area (Å²) in [6.45, 7) is 2.08. The first kappa shape index (κ1) is 16.2. The molecule has 0 spiro atoms. The Morgan fingerprint density at radius 3 is 2.61 bits per heavy atom. The second-order valence-electron chi connectivity index (χ2n) is 5.15. The highest BCUT2D eigenvalue weighted by Crippen LogP contribution is 2.30. The maximum absolute atomic E-state index is 12.3. The average molecular weight is 371 g/mol. The summed E-state index contributed by atoms with van der Waals surface area (Å²) in [5.74, 6) is -0.841. The Labute approximate surface area is 146 Å². The fraction of sp³-hybridized carbons (Fsp3) is 0.286. The Morgan fingerprint density at radius 2 is 2.00 bits per heavy atom. The molecule has 0 unspecified atom stereocenters. The van der Waals surface area contributed by atoms with E-state index in [9.17, 15) is 9.59 Å². The van der Waals surface area contributed by atoms with Crippen LogP contribution in [0, 0.1) is 12.8 Å². The van der Waals surface area contributed by atoms with Crippen molar-refractivity contribution in [2.75, 3.05) is 16.8 Å². The van der Waals surface area contributed by atoms with Crippen LogP contribution < -0.4 is 10.2 Å². The van der Waals surface area contributed by atoms with Gasteiger partial charge in [-0.3, -0.25) is 9.59 Å². The minimum absolute atomic E-state index is 0.133. The highest BCUT2D eigenvalue weighted by atomic mass is 35.5. The number of amides is 2. The van der Waals surface area contributed by atoms with Crippen LogP contribution in [0.3, 0.4) is 0 Å². The number of carbonyl (C=O) groups excluding carboxylic acids is 2. The van der Waals surface area contributed by atoms with Gasteiger partial charge in [-0.05, 0) is 25.1 Å². The molecule has 0 radical (unpaired) electrons. The third kappa shape index (κ3) is 3.63. The third-order valence-corrected chi connectivity index (χ3v) is 4.60. The monoisotopic (exact) mass is 370 g/mol. The van der Waals surface area contributed by atoms with Crippen molar-refractivity contribution in [3.8, 4) is 0 Å². The molecule has 6 nitrogen and oxygen atoms in total. The van der Waals surface area contributed by atoms with Crippen molar-refractivity contribution < 1.29 is 9.59 Å². The van der Waals surface area contributed by atoms with Crippen molar-refractivity contribution >= 4 is 57.2 Å². The number of benzene rings is 1. The van der Waals surface area contributed by atoms with E-state index in [1.165, 1.54) is 16.2 Å². The van der Waals surface area contributed by atoms with Crippen molar-refractivity contribution in [1.82, 2.24) is 10.2 Å². The SMILES string of the molecule is Cc1nnc(NC(=O)[C@H]2CC(=O)N(c3cc(Cl)cc(Cl)c3)C2)s1. The summed E-state index contributed by atoms with van der Waals surface area (Å²) in [4.78, 5) is 26.0. The lowest BCUT2D eigenvalue weighted by Gasteiger charge is -2.17. The number of nitrogens with one attached hydrogen (secondary N) is 1. The van der Waals surface area contributed by atoms with Gasteiger partial charge in [-0.25, -0.2) is 0 Å². The van der Waals surface area contributed by atoms with Gasteiger partial charge in [0.2, 0.25) is 16.9 Å². The van der Waals surface area contributed by atoms with Crippen LogP contribution in [-0.4, -0.2) is 28.6 Å². The minimum Gasteiger partial charge on any atom is -0.311 e. The molecule has 1 aliphatic rings. The number of anilines is 2. The van der Waals surface area contributed by atoms with E-state index in [1.54, 1.807) is 25.1 Å². The summed E-state index contributed by atoms with van der Waals surface area (Å²) in [6.07, 6.45) is 0.133. The summed E-state index contributed by atoms with van der Waals surface area (Å²) in [6, 6.07) is 4.90. The first-order chi connectivity index (χ1) is 10.9. The van der Waals surface area contributed by atoms with E-state index in [1.807, 2.05) is 0 Å². The van der Waals surface area contributed by atoms with Gasteiger partial charge < -0.3 is 10.2 Å². The fourth-order valence-corrected chi connectivity index (χ4v) is 3.49. The van der Waals surface area contributed by atoms with Crippen molar-refractivity contribution in [2.45, 2.75) is 13.3 Å². The molecule has 1 aromatic carbocycles. The van der Waals surface area contributed by atoms with Crippen LogP contribution in [0.1, 0.15) is 11.4 Å². The van der Waals surface area contributed by atoms with Crippen LogP contribution in [0.5, 0.6) is 0 Å². The lowest BCUT2D eigenvalue weighted by molar-refractivity contribution is -0.122. The van der Waals surface area contributed by atoms with Crippen LogP contribution in [0.25, 0.3) is 0 Å². The second-order valence-corrected chi connectivity index (χ2v) is 7.20. The number of aromatic nitrogens is 2. The highest BCUT2D eigenvalue weighted by Gasteiger charge is 2.35. The Balaban J connectivity index is 1.72. The summed E-state index contributed by atoms with van der Waals surface area (Å²) in [5.41, 5.74) is 0.592. The maximum Gasteiger partial charge on any atom is 0.231 e. The van der Waals surface area contributed by atoms with Crippen LogP contribution in [0.4, 0.5) is 10.8 Å². The molecule has 1 aliphatic heterocycles. The predicted molar refractivity (Wildman–Crippen MR) is 90.2 cm³/mol. The van der Waals surface area contributed by atoms with Gasteiger partial charge in [0.1, 0.15) is 5.01 Å². The standard InChI is InChI=1S/C14H12Cl2N4O2S/c1-7-18-19-14(23-7)17-13(22)8-2-12(21)20(6-8)11-4-9(15)3-10(16)5-11/h3-5,8H,2,6H2,1H3,(H,17,19,22)/t8-/m0/s1. The van der Waals surface area contributed by atoms with Gasteiger partial charge >= 0.3 is 0 Å². The maximum atomic E-state index is 12.3. The predicted octanol–water partition coefficient (Wildman–Crippen LogP) is 3.14. The molecule has 120 valence electrons. The molecule has 0 bridgehead atoms. The molecule has 2 aromatic rings. The normalized spacial score (nSPS) is 17.6. The summed E-state index contributed by atoms with van der Waals surface area (Å²) in [7, 11) is 0. The fourth-order valence-electron chi connectivity index (χ4n) is 2.38. The zero-order valence-electron chi connectivity index (χ0n) is 12.0. The number of aryl methyl sites for hydroxylation is 1. The van der Waals surface area contributed by atoms with Crippen LogP contribution in [-0.2, 0) is 9.59 Å². The van der Waals surface area contributed by atoms with Gasteiger partial charge in [-0.1, -0.05) is 34.5 Å². The zero-order valence-corrected chi connectivity index (χ0v) is 14.4. The summed E-state index contributed by atoms with van der Waals surface area (Å²) < 4.78 is 0. The Morgan fingerprint density at radius 1 is 1.30 bits per heavy atom. The van der Waals surface area contributed by atoms with Crippen molar-refractivity contribution in [1.29, 1.82) is 0 Å². The minimum atomic E-state index is -0.454. The molecule has 1 N–H and O–H groups in total. The van der Waals surface area contributed by atoms with Gasteiger partial charge in [-0.2, -0.15) is 0 Å². The van der Waals surface area contributed by atoms with Gasteiger partial charge in [0.25, 0.3) is 0 Å². The lowest BCUT2D eigenvalue weighted by atomic mass is 10.1. The number of hydrogen-bond donors (Lipinski definition) is 1. The van der Waals surface area contributed by atoms with Crippen LogP contribution in [0.15, 0.2) is 18.2 Å². The number of hydrogen-bond acceptors (Lipinski definition) is 5. The van der Waals surface area contributed by atoms with Crippen molar-refractivity contribution in [3.63, 3.8) is 0 Å². The molecule has 0 saturated carbocycles. The number of nitrogens with zero attached hydrogens (tertiary/aromatic N) is 3. The molecule has 2 amide bonds. The van der Waals surface area contributed by atoms with E-state index >= 15 is 0 Å². The number of halogens is 2. The van der Waals surface area contributed by atoms with E-state index in [-0.39, 0.29) is 24.8 Å². The molecule has 1 fully saturated rings. The molecule has 9 heteroatoms. The van der Waals surface area contributed by atoms with Gasteiger partial charge in [0.05, 0.1) is 5.92 Å². The van der Waals surface area contributed by atoms with E-state index in [4.69, 9.17) is 23.2 Å². The van der Waals surface area contributed by atoms with Gasteiger partial charge in [0, 0.05) is 28.7 Å². The molecule has 0 aliphatic carbocycles. The number of carbonyl (C=O) groups is 2.